The van der Waals surface area contributed by atoms with E-state index in [0.29, 0.717) is 30.9 Å². The van der Waals surface area contributed by atoms with Crippen LogP contribution in [0, 0.1) is 29.6 Å². The number of aliphatic hydroxyl groups excluding tert-OH is 1. The van der Waals surface area contributed by atoms with E-state index in [2.05, 4.69) is 21.3 Å². The number of carbonyl (C=O) groups excluding carboxylic acids is 4. The Bertz CT molecular complexity index is 1140. The van der Waals surface area contributed by atoms with Gasteiger partial charge < -0.3 is 40.6 Å². The third-order valence-electron chi connectivity index (χ3n) is 8.24. The van der Waals surface area contributed by atoms with Crippen LogP contribution in [0.3, 0.4) is 0 Å². The minimum absolute atomic E-state index is 0.0723. The Morgan fingerprint density at radius 3 is 2.08 bits per heavy atom. The monoisotopic (exact) mass is 678 g/mol. The number of nitrogens with one attached hydrogen (secondary N) is 4. The van der Waals surface area contributed by atoms with Crippen molar-refractivity contribution in [1.29, 1.82) is 0 Å². The number of para-hydroxylation sites is 1. The van der Waals surface area contributed by atoms with Gasteiger partial charge in [-0.25, -0.2) is 4.79 Å². The van der Waals surface area contributed by atoms with Crippen molar-refractivity contribution in [2.24, 2.45) is 29.6 Å². The molecule has 0 aliphatic carbocycles. The topological polar surface area (TPSA) is 164 Å². The van der Waals surface area contributed by atoms with E-state index in [9.17, 15) is 24.3 Å². The molecular weight excluding hydrogens is 616 g/mol. The highest BCUT2D eigenvalue weighted by atomic mass is 16.6. The molecule has 1 rings (SSSR count). The zero-order valence-corrected chi connectivity index (χ0v) is 30.8. The Labute approximate surface area is 287 Å². The van der Waals surface area contributed by atoms with Crippen molar-refractivity contribution in [2.75, 3.05) is 40.5 Å². The van der Waals surface area contributed by atoms with Crippen LogP contribution in [0.5, 0.6) is 5.75 Å². The Morgan fingerprint density at radius 1 is 0.854 bits per heavy atom. The third-order valence-corrected chi connectivity index (χ3v) is 8.24. The normalized spacial score (nSPS) is 14.8. The van der Waals surface area contributed by atoms with Crippen molar-refractivity contribution >= 4 is 23.8 Å². The first-order chi connectivity index (χ1) is 22.5. The number of carbonyl (C=O) groups is 4. The van der Waals surface area contributed by atoms with E-state index in [4.69, 9.17) is 14.2 Å². The molecule has 0 fully saturated rings. The molecule has 0 aliphatic heterocycles. The van der Waals surface area contributed by atoms with Gasteiger partial charge in [-0.05, 0) is 76.3 Å². The van der Waals surface area contributed by atoms with Crippen LogP contribution in [-0.4, -0.2) is 87.1 Å². The summed E-state index contributed by atoms with van der Waals surface area (Å²) in [7, 11) is 3.20. The molecule has 0 aromatic heterocycles. The number of alkyl carbamates (subject to hydrolysis) is 1. The number of methoxy groups -OCH3 is 1. The fraction of sp³-hybridized carbons (Fsp3) is 0.722. The van der Waals surface area contributed by atoms with Gasteiger partial charge in [0.2, 0.25) is 11.8 Å². The smallest absolute Gasteiger partial charge is 0.407 e. The molecule has 0 aliphatic rings. The summed E-state index contributed by atoms with van der Waals surface area (Å²) < 4.78 is 16.5. The first-order valence-corrected chi connectivity index (χ1v) is 17.2. The Hall–Kier alpha value is -3.38. The summed E-state index contributed by atoms with van der Waals surface area (Å²) in [5, 5.41) is 22.8. The fourth-order valence-corrected chi connectivity index (χ4v) is 5.15. The lowest BCUT2D eigenvalue weighted by atomic mass is 9.82. The zero-order valence-electron chi connectivity index (χ0n) is 30.8. The number of ether oxygens (including phenoxy) is 3. The quantitative estimate of drug-likeness (QED) is 0.120. The highest BCUT2D eigenvalue weighted by Crippen LogP contribution is 2.25. The number of benzene rings is 1. The molecule has 5 N–H and O–H groups in total. The van der Waals surface area contributed by atoms with Gasteiger partial charge in [-0.1, -0.05) is 46.8 Å². The minimum Gasteiger partial charge on any atom is -0.493 e. The second kappa shape index (κ2) is 21.6. The van der Waals surface area contributed by atoms with Gasteiger partial charge in [0.1, 0.15) is 11.4 Å². The van der Waals surface area contributed by atoms with Crippen LogP contribution in [0.2, 0.25) is 0 Å². The largest absolute Gasteiger partial charge is 0.493 e. The maximum atomic E-state index is 13.3. The Kier molecular flexibility index (Phi) is 19.2. The summed E-state index contributed by atoms with van der Waals surface area (Å²) in [6.07, 6.45) is 0.254. The lowest BCUT2D eigenvalue weighted by Gasteiger charge is -2.33. The van der Waals surface area contributed by atoms with Gasteiger partial charge in [-0.15, -0.1) is 0 Å². The number of amides is 4. The van der Waals surface area contributed by atoms with Gasteiger partial charge in [-0.2, -0.15) is 0 Å². The predicted molar refractivity (Wildman–Crippen MR) is 187 cm³/mol. The molecule has 1 aromatic rings. The highest BCUT2D eigenvalue weighted by molar-refractivity contribution is 5.96. The van der Waals surface area contributed by atoms with Crippen molar-refractivity contribution in [3.63, 3.8) is 0 Å². The van der Waals surface area contributed by atoms with Crippen molar-refractivity contribution in [3.8, 4) is 5.75 Å². The molecule has 4 unspecified atom stereocenters. The lowest BCUT2D eigenvalue weighted by molar-refractivity contribution is -0.128. The van der Waals surface area contributed by atoms with Crippen LogP contribution in [0.1, 0.15) is 91.4 Å². The van der Waals surface area contributed by atoms with Crippen LogP contribution < -0.4 is 26.0 Å². The molecule has 274 valence electrons. The maximum absolute atomic E-state index is 13.3. The van der Waals surface area contributed by atoms with Gasteiger partial charge in [-0.3, -0.25) is 14.4 Å². The first kappa shape index (κ1) is 42.6. The van der Waals surface area contributed by atoms with Gasteiger partial charge in [0, 0.05) is 39.8 Å². The summed E-state index contributed by atoms with van der Waals surface area (Å²) in [5.41, 5.74) is -0.335. The molecule has 0 heterocycles. The van der Waals surface area contributed by atoms with Crippen LogP contribution in [0.4, 0.5) is 4.79 Å². The summed E-state index contributed by atoms with van der Waals surface area (Å²) in [5.74, 6) is -1.44. The van der Waals surface area contributed by atoms with Gasteiger partial charge >= 0.3 is 6.09 Å². The van der Waals surface area contributed by atoms with Crippen LogP contribution in [0.25, 0.3) is 0 Å². The number of hydrogen-bond acceptors (Lipinski definition) is 8. The molecule has 4 amide bonds. The Balaban J connectivity index is 3.11. The molecule has 0 radical (unpaired) electrons. The van der Waals surface area contributed by atoms with Crippen LogP contribution in [-0.2, 0) is 19.1 Å². The molecule has 48 heavy (non-hydrogen) atoms. The first-order valence-electron chi connectivity index (χ1n) is 17.2. The molecule has 5 atom stereocenters. The van der Waals surface area contributed by atoms with Crippen molar-refractivity contribution in [3.05, 3.63) is 29.8 Å². The molecule has 0 bridgehead atoms. The lowest BCUT2D eigenvalue weighted by Crippen LogP contribution is -2.49. The van der Waals surface area contributed by atoms with Gasteiger partial charge in [0.05, 0.1) is 30.2 Å². The van der Waals surface area contributed by atoms with E-state index >= 15 is 0 Å². The van der Waals surface area contributed by atoms with E-state index in [0.717, 1.165) is 12.8 Å². The summed E-state index contributed by atoms with van der Waals surface area (Å²) in [6, 6.07) is 6.31. The molecule has 0 saturated heterocycles. The second-order valence-electron chi connectivity index (χ2n) is 14.2. The van der Waals surface area contributed by atoms with Crippen molar-refractivity contribution in [1.82, 2.24) is 21.3 Å². The number of aliphatic hydroxyl groups is 1. The van der Waals surface area contributed by atoms with Gasteiger partial charge in [0.25, 0.3) is 5.91 Å². The van der Waals surface area contributed by atoms with E-state index in [1.54, 1.807) is 60.1 Å². The summed E-state index contributed by atoms with van der Waals surface area (Å²) in [6.45, 7) is 16.3. The molecule has 0 saturated carbocycles. The molecule has 0 spiro atoms. The van der Waals surface area contributed by atoms with E-state index in [1.807, 2.05) is 33.8 Å². The second-order valence-corrected chi connectivity index (χ2v) is 14.2. The van der Waals surface area contributed by atoms with Crippen molar-refractivity contribution in [2.45, 2.75) is 98.8 Å². The highest BCUT2D eigenvalue weighted by Gasteiger charge is 2.33. The van der Waals surface area contributed by atoms with Crippen molar-refractivity contribution < 1.29 is 38.5 Å². The SMILES string of the molecule is CNC(=O)C(C)CNC(=O)C(C[C@@H](O)C(CC(CNC(=O)c1ccccc1OCCCCOC)C(C)C)NC(=O)OC(C)(C)C)C(C)C. The fourth-order valence-electron chi connectivity index (χ4n) is 5.15. The molecular formula is C36H62N4O8. The van der Waals surface area contributed by atoms with E-state index < -0.39 is 35.7 Å². The van der Waals surface area contributed by atoms with E-state index in [1.165, 1.54) is 0 Å². The standard InChI is InChI=1S/C36H62N4O8/c1-23(2)26(22-39-33(43)27-15-11-12-16-31(27)47-18-14-13-17-46-10)19-29(40-35(45)48-36(6,7)8)30(41)20-28(24(3)4)34(44)38-21-25(5)32(42)37-9/h11-12,15-16,23-26,28-30,41H,13-14,17-22H2,1-10H3,(H,37,42)(H,38,44)(H,39,43)(H,40,45)/t25?,26?,28?,29?,30-/m1/s1. The third kappa shape index (κ3) is 16.1. The van der Waals surface area contributed by atoms with Gasteiger partial charge in [0.15, 0.2) is 0 Å². The zero-order chi connectivity index (χ0) is 36.4. The van der Waals surface area contributed by atoms with Crippen LogP contribution >= 0.6 is 0 Å². The minimum atomic E-state index is -1.10. The summed E-state index contributed by atoms with van der Waals surface area (Å²) in [4.78, 5) is 51.4. The van der Waals surface area contributed by atoms with Crippen LogP contribution in [0.15, 0.2) is 24.3 Å². The number of hydrogen-bond donors (Lipinski definition) is 5. The average Bonchev–Trinajstić information content (AvgIpc) is 3.01. The number of unbranched alkanes of at least 4 members (excludes halogenated alkanes) is 1. The predicted octanol–water partition coefficient (Wildman–Crippen LogP) is 4.30. The maximum Gasteiger partial charge on any atom is 0.407 e. The average molecular weight is 679 g/mol. The Morgan fingerprint density at radius 2 is 1.50 bits per heavy atom. The van der Waals surface area contributed by atoms with E-state index in [-0.39, 0.29) is 55.0 Å². The molecule has 12 heteroatoms. The molecule has 1 aromatic carbocycles. The molecule has 12 nitrogen and oxygen atoms in total. The number of rotatable bonds is 21. The summed E-state index contributed by atoms with van der Waals surface area (Å²) >= 11 is 0.